The largest absolute Gasteiger partial charge is 0.635 e. The van der Waals surface area contributed by atoms with Crippen LogP contribution in [0.15, 0.2) is 42.0 Å². The van der Waals surface area contributed by atoms with Gasteiger partial charge >= 0.3 is 13.4 Å². The number of amides is 2. The van der Waals surface area contributed by atoms with Gasteiger partial charge in [0, 0.05) is 31.5 Å². The third-order valence-electron chi connectivity index (χ3n) is 6.60. The lowest BCUT2D eigenvalue weighted by molar-refractivity contribution is -0.129. The Kier molecular flexibility index (Phi) is 9.84. The number of benzene rings is 1. The van der Waals surface area contributed by atoms with E-state index in [0.29, 0.717) is 19.4 Å². The van der Waals surface area contributed by atoms with Crippen LogP contribution in [-0.2, 0) is 20.6 Å². The van der Waals surface area contributed by atoms with Crippen molar-refractivity contribution in [2.24, 2.45) is 0 Å². The monoisotopic (exact) mass is 534 g/mol. The molecule has 2 amide bonds. The molecule has 0 radical (unpaired) electrons. The van der Waals surface area contributed by atoms with Crippen molar-refractivity contribution in [2.45, 2.75) is 63.3 Å². The summed E-state index contributed by atoms with van der Waals surface area (Å²) in [6.45, 7) is 3.46. The van der Waals surface area contributed by atoms with Crippen LogP contribution in [0.1, 0.15) is 38.7 Å². The molecule has 0 saturated carbocycles. The Hall–Kier alpha value is -3.05. The number of alkyl halides is 2. The molecule has 2 atom stereocenters. The number of alkyl carbamates (subject to hydrolysis) is 1. The summed E-state index contributed by atoms with van der Waals surface area (Å²) in [6, 6.07) is 10.9. The fraction of sp³-hybridized carbons (Fsp3) is 0.560. The molecule has 3 N–H and O–H groups in total. The van der Waals surface area contributed by atoms with Gasteiger partial charge in [-0.2, -0.15) is 5.26 Å². The average molecular weight is 534 g/mol. The number of likely N-dealkylation sites (tertiary alicyclic amines) is 2. The summed E-state index contributed by atoms with van der Waals surface area (Å²) in [5, 5.41) is 30.5. The van der Waals surface area contributed by atoms with E-state index < -0.39 is 49.7 Å². The van der Waals surface area contributed by atoms with Crippen molar-refractivity contribution in [3.63, 3.8) is 0 Å². The van der Waals surface area contributed by atoms with Crippen LogP contribution in [0.4, 0.5) is 13.6 Å². The summed E-state index contributed by atoms with van der Waals surface area (Å²) >= 11 is 0. The minimum atomic E-state index is -2.81. The van der Waals surface area contributed by atoms with Gasteiger partial charge in [-0.15, -0.1) is 0 Å². The van der Waals surface area contributed by atoms with Gasteiger partial charge in [0.05, 0.1) is 13.1 Å². The van der Waals surface area contributed by atoms with E-state index in [1.807, 2.05) is 12.1 Å². The molecule has 1 aromatic rings. The number of halogens is 2. The second-order valence-corrected chi connectivity index (χ2v) is 10.1. The van der Waals surface area contributed by atoms with E-state index in [4.69, 9.17) is 9.39 Å². The van der Waals surface area contributed by atoms with Crippen molar-refractivity contribution < 1.29 is 37.8 Å². The van der Waals surface area contributed by atoms with Crippen LogP contribution in [0.2, 0.25) is 0 Å². The predicted molar refractivity (Wildman–Crippen MR) is 133 cm³/mol. The summed E-state index contributed by atoms with van der Waals surface area (Å²) in [6.07, 6.45) is -0.334. The number of nitrogens with one attached hydrogen (secondary N) is 1. The van der Waals surface area contributed by atoms with Gasteiger partial charge < -0.3 is 24.3 Å². The number of nitrogens with zero attached hydrogens (tertiary/aromatic N) is 3. The summed E-state index contributed by atoms with van der Waals surface area (Å²) in [4.78, 5) is 28.6. The second kappa shape index (κ2) is 12.7. The minimum Gasteiger partial charge on any atom is -0.444 e. The predicted octanol–water partition coefficient (Wildman–Crippen LogP) is 1.83. The second-order valence-electron chi connectivity index (χ2n) is 10.1. The highest BCUT2D eigenvalue weighted by atomic mass is 19.3. The fourth-order valence-corrected chi connectivity index (χ4v) is 4.63. The molecule has 2 heterocycles. The van der Waals surface area contributed by atoms with Crippen LogP contribution in [0, 0.1) is 11.3 Å². The molecule has 10 nitrogen and oxygen atoms in total. The molecule has 0 aliphatic carbocycles. The van der Waals surface area contributed by atoms with Crippen molar-refractivity contribution in [3.05, 3.63) is 47.5 Å². The molecular formula is C25H33BF2N4O6. The molecule has 2 aliphatic rings. The Labute approximate surface area is 221 Å². The first-order chi connectivity index (χ1) is 17.9. The van der Waals surface area contributed by atoms with Gasteiger partial charge in [-0.05, 0) is 38.3 Å². The zero-order chi connectivity index (χ0) is 27.9. The van der Waals surface area contributed by atoms with Crippen molar-refractivity contribution in [3.8, 4) is 6.07 Å². The number of carbonyl (C=O) groups excluding carboxylic acids is 2. The number of carbonyl (C=O) groups is 2. The van der Waals surface area contributed by atoms with Crippen molar-refractivity contribution in [2.75, 3.05) is 26.2 Å². The Balaban J connectivity index is 1.60. The van der Waals surface area contributed by atoms with Crippen LogP contribution < -0.4 is 5.32 Å². The van der Waals surface area contributed by atoms with Crippen LogP contribution in [0.3, 0.4) is 0 Å². The van der Waals surface area contributed by atoms with Gasteiger partial charge in [0.15, 0.2) is 0 Å². The van der Waals surface area contributed by atoms with Crippen LogP contribution in [0.25, 0.3) is 0 Å². The first-order valence-corrected chi connectivity index (χ1v) is 12.5. The Morgan fingerprint density at radius 1 is 1.32 bits per heavy atom. The molecule has 2 saturated heterocycles. The summed E-state index contributed by atoms with van der Waals surface area (Å²) in [7, 11) is -2.11. The van der Waals surface area contributed by atoms with E-state index in [-0.39, 0.29) is 31.5 Å². The van der Waals surface area contributed by atoms with Crippen LogP contribution >= 0.6 is 0 Å². The van der Waals surface area contributed by atoms with Gasteiger partial charge in [0.2, 0.25) is 0 Å². The van der Waals surface area contributed by atoms with E-state index in [1.165, 1.54) is 11.0 Å². The number of rotatable bonds is 9. The zero-order valence-electron chi connectivity index (χ0n) is 21.5. The molecule has 206 valence electrons. The summed E-state index contributed by atoms with van der Waals surface area (Å²) < 4.78 is 37.8. The Bertz CT molecular complexity index is 1050. The van der Waals surface area contributed by atoms with Gasteiger partial charge in [-0.3, -0.25) is 15.0 Å². The number of nitriles is 1. The molecule has 0 bridgehead atoms. The molecule has 3 rings (SSSR count). The third kappa shape index (κ3) is 8.49. The van der Waals surface area contributed by atoms with Gasteiger partial charge in [0.25, 0.3) is 11.8 Å². The fourth-order valence-electron chi connectivity index (χ4n) is 4.63. The lowest BCUT2D eigenvalue weighted by Gasteiger charge is -2.35. The van der Waals surface area contributed by atoms with Crippen molar-refractivity contribution >= 4 is 19.3 Å². The normalized spacial score (nSPS) is 20.9. The molecule has 0 spiro atoms. The van der Waals surface area contributed by atoms with E-state index in [9.17, 15) is 33.7 Å². The number of ether oxygens (including phenoxy) is 1. The quantitative estimate of drug-likeness (QED) is 0.189. The molecule has 38 heavy (non-hydrogen) atoms. The lowest BCUT2D eigenvalue weighted by atomic mass is 9.98. The van der Waals surface area contributed by atoms with E-state index in [0.717, 1.165) is 5.56 Å². The molecule has 2 fully saturated rings. The summed E-state index contributed by atoms with van der Waals surface area (Å²) in [5.74, 6) is -3.37. The van der Waals surface area contributed by atoms with Crippen molar-refractivity contribution in [1.82, 2.24) is 15.1 Å². The van der Waals surface area contributed by atoms with E-state index >= 15 is 0 Å². The molecule has 0 aromatic heterocycles. The summed E-state index contributed by atoms with van der Waals surface area (Å²) in [5.41, 5.74) is -0.315. The first kappa shape index (κ1) is 29.5. The average Bonchev–Trinajstić information content (AvgIpc) is 3.23. The van der Waals surface area contributed by atoms with Gasteiger partial charge in [-0.1, -0.05) is 30.3 Å². The standard InChI is InChI=1S/C25H33BF2N4O6/c1-24(2,32-12-10-25(27,28)17-32)14-19(15-29)22(33)31-11-6-9-20(16-31)37-23(34)30-21(38-26(35)36)13-18-7-4-3-5-8-18/h3-5,7-8,14,20-21,35-36H,6,9-13,16-17H2,1-2H3,(H,30,34)/t20-,21+/m0/s1. The third-order valence-corrected chi connectivity index (χ3v) is 6.60. The maximum absolute atomic E-state index is 13.7. The highest BCUT2D eigenvalue weighted by molar-refractivity contribution is 6.32. The maximum atomic E-state index is 13.7. The van der Waals surface area contributed by atoms with E-state index in [2.05, 4.69) is 5.32 Å². The molecule has 2 aliphatic heterocycles. The minimum absolute atomic E-state index is 0.0420. The smallest absolute Gasteiger partial charge is 0.444 e. The first-order valence-electron chi connectivity index (χ1n) is 12.5. The van der Waals surface area contributed by atoms with Gasteiger partial charge in [-0.25, -0.2) is 13.6 Å². The maximum Gasteiger partial charge on any atom is 0.635 e. The SMILES string of the molecule is CC(C)(C=C(C#N)C(=O)N1CCC[C@H](OC(=O)N[C@@H](Cc2ccccc2)OB(O)O)C1)N1CCC(F)(F)C1. The number of hydrogen-bond acceptors (Lipinski definition) is 8. The van der Waals surface area contributed by atoms with E-state index in [1.54, 1.807) is 43.0 Å². The Morgan fingerprint density at radius 2 is 2.03 bits per heavy atom. The molecule has 0 unspecified atom stereocenters. The van der Waals surface area contributed by atoms with Crippen LogP contribution in [0.5, 0.6) is 0 Å². The lowest BCUT2D eigenvalue weighted by Crippen LogP contribution is -2.48. The van der Waals surface area contributed by atoms with Crippen LogP contribution in [-0.4, -0.2) is 89.1 Å². The topological polar surface area (TPSA) is 135 Å². The molecule has 13 heteroatoms. The number of hydrogen-bond donors (Lipinski definition) is 3. The van der Waals surface area contributed by atoms with Gasteiger partial charge in [0.1, 0.15) is 24.0 Å². The Morgan fingerprint density at radius 3 is 2.63 bits per heavy atom. The highest BCUT2D eigenvalue weighted by Crippen LogP contribution is 2.33. The molecule has 1 aromatic carbocycles. The highest BCUT2D eigenvalue weighted by Gasteiger charge is 2.43. The number of piperidine rings is 1. The zero-order valence-corrected chi connectivity index (χ0v) is 21.5. The van der Waals surface area contributed by atoms with Crippen molar-refractivity contribution in [1.29, 1.82) is 5.26 Å². The molecular weight excluding hydrogens is 501 g/mol.